The molecule has 1 amide bonds. The fourth-order valence-electron chi connectivity index (χ4n) is 2.25. The molecule has 114 valence electrons. The molecule has 2 heterocycles. The highest BCUT2D eigenvalue weighted by Crippen LogP contribution is 2.09. The first kappa shape index (κ1) is 15.2. The normalized spacial score (nSPS) is 17.5. The van der Waals surface area contributed by atoms with Gasteiger partial charge in [-0.25, -0.2) is 4.68 Å². The van der Waals surface area contributed by atoms with Crippen LogP contribution in [0.5, 0.6) is 0 Å². The van der Waals surface area contributed by atoms with Crippen LogP contribution < -0.4 is 5.56 Å². The SMILES string of the molecule is CC(C(=O)O)N1CCN(C(=O)c2ccc(=O)n(C)n2)CC1. The van der Waals surface area contributed by atoms with E-state index in [1.807, 2.05) is 4.90 Å². The minimum Gasteiger partial charge on any atom is -0.480 e. The van der Waals surface area contributed by atoms with E-state index in [2.05, 4.69) is 5.10 Å². The lowest BCUT2D eigenvalue weighted by Crippen LogP contribution is -2.53. The maximum absolute atomic E-state index is 12.3. The van der Waals surface area contributed by atoms with E-state index in [-0.39, 0.29) is 17.2 Å². The van der Waals surface area contributed by atoms with Crippen LogP contribution in [-0.2, 0) is 11.8 Å². The van der Waals surface area contributed by atoms with Crippen molar-refractivity contribution in [1.82, 2.24) is 19.6 Å². The predicted molar refractivity (Wildman–Crippen MR) is 74.1 cm³/mol. The molecule has 1 atom stereocenters. The Balaban J connectivity index is 2.01. The number of amides is 1. The lowest BCUT2D eigenvalue weighted by Gasteiger charge is -2.36. The number of hydrogen-bond donors (Lipinski definition) is 1. The first-order valence-electron chi connectivity index (χ1n) is 6.70. The summed E-state index contributed by atoms with van der Waals surface area (Å²) in [6.07, 6.45) is 0. The first-order valence-corrected chi connectivity index (χ1v) is 6.70. The van der Waals surface area contributed by atoms with Gasteiger partial charge in [-0.3, -0.25) is 19.3 Å². The highest BCUT2D eigenvalue weighted by atomic mass is 16.4. The van der Waals surface area contributed by atoms with Crippen molar-refractivity contribution < 1.29 is 14.7 Å². The van der Waals surface area contributed by atoms with Gasteiger partial charge in [0.1, 0.15) is 11.7 Å². The zero-order chi connectivity index (χ0) is 15.6. The smallest absolute Gasteiger partial charge is 0.320 e. The van der Waals surface area contributed by atoms with Gasteiger partial charge in [-0.2, -0.15) is 5.10 Å². The molecule has 1 aromatic heterocycles. The fraction of sp³-hybridized carbons (Fsp3) is 0.538. The molecule has 1 aliphatic heterocycles. The van der Waals surface area contributed by atoms with Gasteiger partial charge in [0.25, 0.3) is 11.5 Å². The molecule has 1 N–H and O–H groups in total. The van der Waals surface area contributed by atoms with E-state index < -0.39 is 12.0 Å². The van der Waals surface area contributed by atoms with Crippen LogP contribution in [0, 0.1) is 0 Å². The zero-order valence-corrected chi connectivity index (χ0v) is 12.0. The second-order valence-corrected chi connectivity index (χ2v) is 5.02. The second kappa shape index (κ2) is 6.04. The summed E-state index contributed by atoms with van der Waals surface area (Å²) < 4.78 is 1.12. The Bertz CT molecular complexity index is 604. The fourth-order valence-corrected chi connectivity index (χ4v) is 2.25. The molecule has 8 nitrogen and oxygen atoms in total. The van der Waals surface area contributed by atoms with Gasteiger partial charge in [-0.05, 0) is 13.0 Å². The summed E-state index contributed by atoms with van der Waals surface area (Å²) in [5.41, 5.74) is -0.0523. The van der Waals surface area contributed by atoms with E-state index in [0.717, 1.165) is 4.68 Å². The van der Waals surface area contributed by atoms with Crippen molar-refractivity contribution in [2.75, 3.05) is 26.2 Å². The van der Waals surface area contributed by atoms with Gasteiger partial charge in [0.05, 0.1) is 0 Å². The third-order valence-electron chi connectivity index (χ3n) is 3.69. The van der Waals surface area contributed by atoms with Gasteiger partial charge in [-0.1, -0.05) is 0 Å². The molecule has 1 fully saturated rings. The number of nitrogens with zero attached hydrogens (tertiary/aromatic N) is 4. The van der Waals surface area contributed by atoms with Crippen molar-refractivity contribution in [3.8, 4) is 0 Å². The lowest BCUT2D eigenvalue weighted by atomic mass is 10.2. The molecule has 0 radical (unpaired) electrons. The van der Waals surface area contributed by atoms with Gasteiger partial charge < -0.3 is 10.0 Å². The third-order valence-corrected chi connectivity index (χ3v) is 3.69. The zero-order valence-electron chi connectivity index (χ0n) is 12.0. The summed E-state index contributed by atoms with van der Waals surface area (Å²) in [4.78, 5) is 37.9. The van der Waals surface area contributed by atoms with Gasteiger partial charge in [0.15, 0.2) is 0 Å². The average molecular weight is 294 g/mol. The second-order valence-electron chi connectivity index (χ2n) is 5.02. The summed E-state index contributed by atoms with van der Waals surface area (Å²) in [6, 6.07) is 2.16. The Morgan fingerprint density at radius 1 is 1.24 bits per heavy atom. The molecule has 1 saturated heterocycles. The molecule has 0 aromatic carbocycles. The summed E-state index contributed by atoms with van der Waals surface area (Å²) >= 11 is 0. The van der Waals surface area contributed by atoms with Crippen molar-refractivity contribution in [3.63, 3.8) is 0 Å². The van der Waals surface area contributed by atoms with Gasteiger partial charge in [-0.15, -0.1) is 0 Å². The van der Waals surface area contributed by atoms with Crippen LogP contribution in [0.2, 0.25) is 0 Å². The molecule has 8 heteroatoms. The number of carboxylic acids is 1. The van der Waals surface area contributed by atoms with E-state index in [9.17, 15) is 14.4 Å². The molecule has 0 spiro atoms. The Hall–Kier alpha value is -2.22. The number of rotatable bonds is 3. The van der Waals surface area contributed by atoms with E-state index in [1.165, 1.54) is 19.2 Å². The standard InChI is InChI=1S/C13H18N4O4/c1-9(13(20)21)16-5-7-17(8-6-16)12(19)10-3-4-11(18)15(2)14-10/h3-4,9H,5-8H2,1-2H3,(H,20,21). The van der Waals surface area contributed by atoms with Crippen molar-refractivity contribution in [1.29, 1.82) is 0 Å². The number of carbonyl (C=O) groups excluding carboxylic acids is 1. The monoisotopic (exact) mass is 294 g/mol. The Morgan fingerprint density at radius 3 is 2.38 bits per heavy atom. The summed E-state index contributed by atoms with van der Waals surface area (Å²) in [5, 5.41) is 12.9. The Kier molecular flexibility index (Phi) is 4.37. The van der Waals surface area contributed by atoms with Gasteiger partial charge in [0.2, 0.25) is 0 Å². The van der Waals surface area contributed by atoms with Crippen LogP contribution in [0.25, 0.3) is 0 Å². The molecular weight excluding hydrogens is 276 g/mol. The first-order chi connectivity index (χ1) is 9.90. The summed E-state index contributed by atoms with van der Waals surface area (Å²) in [5.74, 6) is -1.11. The number of aryl methyl sites for hydroxylation is 1. The van der Waals surface area contributed by atoms with Crippen molar-refractivity contribution in [2.24, 2.45) is 7.05 Å². The number of piperazine rings is 1. The number of carboxylic acid groups (broad SMARTS) is 1. The lowest BCUT2D eigenvalue weighted by molar-refractivity contribution is -0.143. The van der Waals surface area contributed by atoms with Gasteiger partial charge in [0, 0.05) is 39.3 Å². The minimum atomic E-state index is -0.866. The summed E-state index contributed by atoms with van der Waals surface area (Å²) in [7, 11) is 1.49. The molecule has 0 bridgehead atoms. The highest BCUT2D eigenvalue weighted by molar-refractivity contribution is 5.92. The quantitative estimate of drug-likeness (QED) is 0.769. The van der Waals surface area contributed by atoms with Crippen LogP contribution in [0.4, 0.5) is 0 Å². The third kappa shape index (κ3) is 3.27. The summed E-state index contributed by atoms with van der Waals surface area (Å²) in [6.45, 7) is 3.53. The molecule has 1 unspecified atom stereocenters. The predicted octanol–water partition coefficient (Wildman–Crippen LogP) is -0.989. The van der Waals surface area contributed by atoms with E-state index in [1.54, 1.807) is 11.8 Å². The molecule has 2 rings (SSSR count). The van der Waals surface area contributed by atoms with Crippen LogP contribution in [-0.4, -0.2) is 68.8 Å². The number of carbonyl (C=O) groups is 2. The number of aliphatic carboxylic acids is 1. The average Bonchev–Trinajstić information content (AvgIpc) is 2.48. The topological polar surface area (TPSA) is 95.7 Å². The van der Waals surface area contributed by atoms with Crippen LogP contribution in [0.1, 0.15) is 17.4 Å². The van der Waals surface area contributed by atoms with Crippen LogP contribution >= 0.6 is 0 Å². The number of aromatic nitrogens is 2. The largest absolute Gasteiger partial charge is 0.480 e. The number of hydrogen-bond acceptors (Lipinski definition) is 5. The van der Waals surface area contributed by atoms with E-state index in [0.29, 0.717) is 26.2 Å². The maximum atomic E-state index is 12.3. The maximum Gasteiger partial charge on any atom is 0.320 e. The Morgan fingerprint density at radius 2 is 1.86 bits per heavy atom. The van der Waals surface area contributed by atoms with Crippen molar-refractivity contribution in [3.05, 3.63) is 28.2 Å². The minimum absolute atomic E-state index is 0.219. The highest BCUT2D eigenvalue weighted by Gasteiger charge is 2.28. The molecule has 1 aromatic rings. The molecule has 21 heavy (non-hydrogen) atoms. The van der Waals surface area contributed by atoms with E-state index in [4.69, 9.17) is 5.11 Å². The molecule has 0 saturated carbocycles. The van der Waals surface area contributed by atoms with Crippen LogP contribution in [0.15, 0.2) is 16.9 Å². The van der Waals surface area contributed by atoms with E-state index >= 15 is 0 Å². The van der Waals surface area contributed by atoms with Gasteiger partial charge >= 0.3 is 5.97 Å². The Labute approximate surface area is 121 Å². The van der Waals surface area contributed by atoms with Crippen molar-refractivity contribution >= 4 is 11.9 Å². The molecular formula is C13H18N4O4. The van der Waals surface area contributed by atoms with Crippen molar-refractivity contribution in [2.45, 2.75) is 13.0 Å². The van der Waals surface area contributed by atoms with Crippen LogP contribution in [0.3, 0.4) is 0 Å². The molecule has 1 aliphatic rings. The molecule has 0 aliphatic carbocycles.